The Bertz CT molecular complexity index is 1320. The van der Waals surface area contributed by atoms with E-state index in [1.807, 2.05) is 0 Å². The molecule has 2 aromatic heterocycles. The summed E-state index contributed by atoms with van der Waals surface area (Å²) >= 11 is 0. The number of carbonyl (C=O) groups is 1. The van der Waals surface area contributed by atoms with E-state index in [0.717, 1.165) is 15.7 Å². The molecule has 1 amide bonds. The van der Waals surface area contributed by atoms with Gasteiger partial charge in [-0.1, -0.05) is 12.1 Å². The summed E-state index contributed by atoms with van der Waals surface area (Å²) in [6, 6.07) is 9.95. The van der Waals surface area contributed by atoms with Crippen molar-refractivity contribution >= 4 is 27.8 Å². The molecule has 0 spiro atoms. The number of likely N-dealkylation sites (N-methyl/N-ethyl adjacent to an activating group) is 1. The Labute approximate surface area is 199 Å². The summed E-state index contributed by atoms with van der Waals surface area (Å²) in [7, 11) is 6.16. The smallest absolute Gasteiger partial charge is 0.255 e. The summed E-state index contributed by atoms with van der Waals surface area (Å²) in [6.07, 6.45) is -2.65. The molecule has 0 saturated heterocycles. The molecule has 186 valence electrons. The van der Waals surface area contributed by atoms with Crippen molar-refractivity contribution in [1.82, 2.24) is 25.3 Å². The standard InChI is InChI=1S/C18H12F3N5O2.C5H14NO/c19-12-3-1-2-11-14(12)23-24-16-15(11)25-26(18(16)28)10-6-4-9(5-7-10)17(27)22-8-13(20)21;1-6(2,3)4-5-7/h1-7,13,28H,8H2,(H,22,27);7H,4-5H2,1-3H3/q;+1/p-1. The molecule has 2 aromatic carbocycles. The lowest BCUT2D eigenvalue weighted by atomic mass is 10.2. The molecule has 0 fully saturated rings. The summed E-state index contributed by atoms with van der Waals surface area (Å²) in [5.74, 6) is -1.79. The van der Waals surface area contributed by atoms with Gasteiger partial charge in [0.05, 0.1) is 40.0 Å². The Morgan fingerprint density at radius 2 is 1.74 bits per heavy atom. The van der Waals surface area contributed by atoms with Gasteiger partial charge >= 0.3 is 0 Å². The van der Waals surface area contributed by atoms with Gasteiger partial charge < -0.3 is 20.0 Å². The number of nitrogens with one attached hydrogen (secondary N) is 1. The largest absolute Gasteiger partial charge is 0.857 e. The summed E-state index contributed by atoms with van der Waals surface area (Å²) in [5, 5.41) is 35.2. The lowest BCUT2D eigenvalue weighted by Gasteiger charge is -2.21. The first-order valence-electron chi connectivity index (χ1n) is 10.6. The minimum absolute atomic E-state index is 0.00528. The fourth-order valence-corrected chi connectivity index (χ4v) is 3.07. The van der Waals surface area contributed by atoms with Crippen LogP contribution in [0.4, 0.5) is 13.2 Å². The number of aliphatic hydroxyl groups excluding tert-OH is 1. The average molecular weight is 490 g/mol. The number of alkyl halides is 2. The Morgan fingerprint density at radius 3 is 2.31 bits per heavy atom. The van der Waals surface area contributed by atoms with E-state index >= 15 is 0 Å². The van der Waals surface area contributed by atoms with E-state index in [1.54, 1.807) is 6.07 Å². The Morgan fingerprint density at radius 1 is 1.09 bits per heavy atom. The number of fused-ring (bicyclic) bond motifs is 3. The first kappa shape index (κ1) is 25.8. The zero-order chi connectivity index (χ0) is 25.8. The molecule has 2 heterocycles. The van der Waals surface area contributed by atoms with Crippen LogP contribution >= 0.6 is 0 Å². The fraction of sp³-hybridized carbons (Fsp3) is 0.304. The summed E-state index contributed by atoms with van der Waals surface area (Å²) in [5.41, 5.74) is 0.676. The number of benzene rings is 2. The number of nitrogens with zero attached hydrogens (tertiary/aromatic N) is 5. The number of carbonyl (C=O) groups excluding carboxylic acids is 1. The number of hydrogen-bond donors (Lipinski definition) is 2. The number of hydrogen-bond acceptors (Lipinski definition) is 6. The monoisotopic (exact) mass is 490 g/mol. The highest BCUT2D eigenvalue weighted by atomic mass is 19.3. The molecule has 9 nitrogen and oxygen atoms in total. The number of quaternary nitrogens is 1. The van der Waals surface area contributed by atoms with Crippen LogP contribution in [0.1, 0.15) is 10.4 Å². The third kappa shape index (κ3) is 6.22. The zero-order valence-electron chi connectivity index (χ0n) is 19.4. The van der Waals surface area contributed by atoms with Crippen LogP contribution in [-0.2, 0) is 0 Å². The Kier molecular flexibility index (Phi) is 7.87. The van der Waals surface area contributed by atoms with Crippen molar-refractivity contribution in [3.63, 3.8) is 0 Å². The normalized spacial score (nSPS) is 11.5. The second-order valence-corrected chi connectivity index (χ2v) is 8.64. The van der Waals surface area contributed by atoms with Crippen molar-refractivity contribution in [3.8, 4) is 11.6 Å². The van der Waals surface area contributed by atoms with Crippen molar-refractivity contribution in [2.24, 2.45) is 0 Å². The minimum atomic E-state index is -2.65. The van der Waals surface area contributed by atoms with Gasteiger partial charge in [-0.15, -0.1) is 10.2 Å². The molecule has 0 atom stereocenters. The van der Waals surface area contributed by atoms with E-state index in [1.165, 1.54) is 36.4 Å². The van der Waals surface area contributed by atoms with Gasteiger partial charge in [0.1, 0.15) is 23.1 Å². The van der Waals surface area contributed by atoms with E-state index < -0.39 is 30.6 Å². The molecular formula is C23H25F3N6O3. The summed E-state index contributed by atoms with van der Waals surface area (Å²) in [6.45, 7) is 0.363. The predicted octanol–water partition coefficient (Wildman–Crippen LogP) is 1.86. The molecular weight excluding hydrogens is 465 g/mol. The molecule has 0 saturated carbocycles. The molecule has 12 heteroatoms. The van der Waals surface area contributed by atoms with Crippen LogP contribution in [0.5, 0.6) is 5.88 Å². The van der Waals surface area contributed by atoms with E-state index in [9.17, 15) is 23.1 Å². The lowest BCUT2D eigenvalue weighted by Crippen LogP contribution is -2.36. The first-order valence-corrected chi connectivity index (χ1v) is 10.6. The maximum atomic E-state index is 13.9. The van der Waals surface area contributed by atoms with Crippen LogP contribution in [0.3, 0.4) is 0 Å². The van der Waals surface area contributed by atoms with Gasteiger partial charge in [-0.05, 0) is 30.3 Å². The predicted molar refractivity (Wildman–Crippen MR) is 122 cm³/mol. The van der Waals surface area contributed by atoms with E-state index in [-0.39, 0.29) is 28.7 Å². The van der Waals surface area contributed by atoms with Crippen LogP contribution in [0.15, 0.2) is 42.5 Å². The third-order valence-corrected chi connectivity index (χ3v) is 4.87. The van der Waals surface area contributed by atoms with Crippen molar-refractivity contribution in [3.05, 3.63) is 53.8 Å². The third-order valence-electron chi connectivity index (χ3n) is 4.87. The topological polar surface area (TPSA) is 116 Å². The molecule has 0 aliphatic rings. The average Bonchev–Trinajstić information content (AvgIpc) is 3.14. The Hall–Kier alpha value is -3.77. The molecule has 0 bridgehead atoms. The molecule has 4 rings (SSSR count). The Balaban J connectivity index is 0.000000429. The highest BCUT2D eigenvalue weighted by Gasteiger charge is 2.14. The number of halogens is 3. The van der Waals surface area contributed by atoms with Crippen LogP contribution < -0.4 is 10.4 Å². The first-order chi connectivity index (χ1) is 16.5. The number of rotatable bonds is 6. The van der Waals surface area contributed by atoms with Crippen LogP contribution in [0.2, 0.25) is 0 Å². The maximum Gasteiger partial charge on any atom is 0.255 e. The number of aliphatic hydroxyl groups is 1. The second kappa shape index (κ2) is 10.7. The molecule has 0 unspecified atom stereocenters. The van der Waals surface area contributed by atoms with Gasteiger partial charge in [0.2, 0.25) is 0 Å². The fourth-order valence-electron chi connectivity index (χ4n) is 3.07. The SMILES string of the molecule is C[N+](C)(C)CCO.O=C(NCC(F)F)c1ccc(-n2nc3c(nnc4c(F)cccc43)c2[O-])cc1. The van der Waals surface area contributed by atoms with Crippen LogP contribution in [0, 0.1) is 5.82 Å². The lowest BCUT2D eigenvalue weighted by molar-refractivity contribution is -0.870. The van der Waals surface area contributed by atoms with Crippen molar-refractivity contribution < 1.29 is 32.7 Å². The molecule has 35 heavy (non-hydrogen) atoms. The number of aromatic nitrogens is 4. The van der Waals surface area contributed by atoms with Crippen molar-refractivity contribution in [2.45, 2.75) is 6.43 Å². The van der Waals surface area contributed by atoms with Crippen molar-refractivity contribution in [1.29, 1.82) is 0 Å². The number of amides is 1. The highest BCUT2D eigenvalue weighted by Crippen LogP contribution is 2.29. The van der Waals surface area contributed by atoms with Crippen molar-refractivity contribution in [2.75, 3.05) is 40.8 Å². The second-order valence-electron chi connectivity index (χ2n) is 8.64. The molecule has 0 aliphatic heterocycles. The van der Waals surface area contributed by atoms with Gasteiger partial charge in [-0.25, -0.2) is 17.9 Å². The quantitative estimate of drug-likeness (QED) is 0.399. The van der Waals surface area contributed by atoms with Gasteiger partial charge in [-0.3, -0.25) is 4.79 Å². The van der Waals surface area contributed by atoms with E-state index in [2.05, 4.69) is 41.8 Å². The van der Waals surface area contributed by atoms with Gasteiger partial charge in [0.15, 0.2) is 5.82 Å². The van der Waals surface area contributed by atoms with E-state index in [4.69, 9.17) is 5.11 Å². The van der Waals surface area contributed by atoms with Gasteiger partial charge in [0.25, 0.3) is 12.3 Å². The molecule has 2 N–H and O–H groups in total. The zero-order valence-corrected chi connectivity index (χ0v) is 19.4. The van der Waals surface area contributed by atoms with Gasteiger partial charge in [0, 0.05) is 16.8 Å². The molecule has 4 aromatic rings. The van der Waals surface area contributed by atoms with Crippen LogP contribution in [0.25, 0.3) is 27.6 Å². The van der Waals surface area contributed by atoms with Crippen LogP contribution in [-0.4, -0.2) is 82.7 Å². The molecule has 0 aliphatic carbocycles. The minimum Gasteiger partial charge on any atom is -0.857 e. The highest BCUT2D eigenvalue weighted by molar-refractivity contribution is 6.03. The maximum absolute atomic E-state index is 13.9. The summed E-state index contributed by atoms with van der Waals surface area (Å²) in [4.78, 5) is 11.8. The summed E-state index contributed by atoms with van der Waals surface area (Å²) < 4.78 is 40.1. The van der Waals surface area contributed by atoms with Gasteiger partial charge in [-0.2, -0.15) is 5.10 Å². The van der Waals surface area contributed by atoms with E-state index in [0.29, 0.717) is 11.1 Å². The molecule has 0 radical (unpaired) electrons.